The normalized spacial score (nSPS) is 20.9. The van der Waals surface area contributed by atoms with Crippen molar-refractivity contribution in [3.63, 3.8) is 0 Å². The lowest BCUT2D eigenvalue weighted by Gasteiger charge is -2.23. The number of aliphatic hydroxyl groups excluding tert-OH is 1. The molecule has 1 fully saturated rings. The minimum absolute atomic E-state index is 0.0383. The van der Waals surface area contributed by atoms with Gasteiger partial charge in [0.15, 0.2) is 0 Å². The molecular formula is C10H12F3N3O. The quantitative estimate of drug-likeness (QED) is 0.859. The third kappa shape index (κ3) is 2.49. The van der Waals surface area contributed by atoms with Crippen LogP contribution < -0.4 is 4.90 Å². The molecule has 0 aromatic carbocycles. The average Bonchev–Trinajstić information content (AvgIpc) is 2.76. The Morgan fingerprint density at radius 1 is 1.47 bits per heavy atom. The molecule has 1 unspecified atom stereocenters. The first-order valence-corrected chi connectivity index (χ1v) is 5.30. The number of rotatable bonds is 2. The predicted molar refractivity (Wildman–Crippen MR) is 54.5 cm³/mol. The minimum atomic E-state index is -4.47. The monoisotopic (exact) mass is 247 g/mol. The van der Waals surface area contributed by atoms with Crippen LogP contribution in [-0.4, -0.2) is 34.3 Å². The molecule has 1 saturated heterocycles. The number of hydrogen-bond donors (Lipinski definition) is 1. The van der Waals surface area contributed by atoms with E-state index >= 15 is 0 Å². The summed E-state index contributed by atoms with van der Waals surface area (Å²) in [7, 11) is 0. The Morgan fingerprint density at radius 3 is 2.88 bits per heavy atom. The second-order valence-corrected chi connectivity index (χ2v) is 3.91. The van der Waals surface area contributed by atoms with Crippen molar-refractivity contribution in [3.05, 3.63) is 18.0 Å². The van der Waals surface area contributed by atoms with E-state index in [9.17, 15) is 13.2 Å². The van der Waals surface area contributed by atoms with E-state index in [0.29, 0.717) is 6.54 Å². The van der Waals surface area contributed by atoms with Crippen molar-refractivity contribution in [3.8, 4) is 0 Å². The van der Waals surface area contributed by atoms with Crippen LogP contribution in [0.25, 0.3) is 0 Å². The van der Waals surface area contributed by atoms with Crippen LogP contribution in [0, 0.1) is 0 Å². The van der Waals surface area contributed by atoms with Crippen LogP contribution in [0.4, 0.5) is 19.1 Å². The fourth-order valence-corrected chi connectivity index (χ4v) is 1.93. The van der Waals surface area contributed by atoms with E-state index in [1.807, 2.05) is 0 Å². The van der Waals surface area contributed by atoms with Crippen molar-refractivity contribution in [1.82, 2.24) is 9.97 Å². The maximum atomic E-state index is 12.5. The van der Waals surface area contributed by atoms with Gasteiger partial charge in [0, 0.05) is 12.7 Å². The van der Waals surface area contributed by atoms with Crippen molar-refractivity contribution >= 4 is 5.95 Å². The van der Waals surface area contributed by atoms with Gasteiger partial charge in [0.2, 0.25) is 5.95 Å². The Hall–Kier alpha value is -1.37. The molecule has 1 aromatic rings. The van der Waals surface area contributed by atoms with Gasteiger partial charge in [-0.1, -0.05) is 0 Å². The number of hydrogen-bond acceptors (Lipinski definition) is 4. The summed E-state index contributed by atoms with van der Waals surface area (Å²) in [5.74, 6) is 0.0383. The van der Waals surface area contributed by atoms with Gasteiger partial charge in [-0.3, -0.25) is 0 Å². The van der Waals surface area contributed by atoms with Crippen molar-refractivity contribution in [2.75, 3.05) is 18.1 Å². The summed E-state index contributed by atoms with van der Waals surface area (Å²) in [6.45, 7) is 0.478. The first-order valence-electron chi connectivity index (χ1n) is 5.30. The second-order valence-electron chi connectivity index (χ2n) is 3.91. The highest BCUT2D eigenvalue weighted by molar-refractivity contribution is 5.34. The first-order chi connectivity index (χ1) is 8.02. The summed E-state index contributed by atoms with van der Waals surface area (Å²) in [5.41, 5.74) is -0.953. The van der Waals surface area contributed by atoms with E-state index in [0.717, 1.165) is 25.1 Å². The van der Waals surface area contributed by atoms with Gasteiger partial charge >= 0.3 is 6.18 Å². The van der Waals surface area contributed by atoms with Gasteiger partial charge in [0.25, 0.3) is 0 Å². The van der Waals surface area contributed by atoms with E-state index in [4.69, 9.17) is 5.11 Å². The van der Waals surface area contributed by atoms with Gasteiger partial charge in [-0.05, 0) is 18.9 Å². The maximum Gasteiger partial charge on any atom is 0.433 e. The standard InChI is InChI=1S/C10H12F3N3O/c11-10(12,13)8-3-4-14-9(15-8)16-5-1-2-7(16)6-17/h3-4,7,17H,1-2,5-6H2. The molecule has 4 nitrogen and oxygen atoms in total. The highest BCUT2D eigenvalue weighted by Gasteiger charge is 2.34. The van der Waals surface area contributed by atoms with E-state index in [1.165, 1.54) is 0 Å². The van der Waals surface area contributed by atoms with Crippen LogP contribution in [0.2, 0.25) is 0 Å². The van der Waals surface area contributed by atoms with Crippen LogP contribution in [0.1, 0.15) is 18.5 Å². The molecule has 2 heterocycles. The molecule has 0 spiro atoms. The fraction of sp³-hybridized carbons (Fsp3) is 0.600. The smallest absolute Gasteiger partial charge is 0.394 e. The zero-order valence-electron chi connectivity index (χ0n) is 8.98. The molecular weight excluding hydrogens is 235 g/mol. The minimum Gasteiger partial charge on any atom is -0.394 e. The number of aliphatic hydroxyl groups is 1. The second kappa shape index (κ2) is 4.48. The lowest BCUT2D eigenvalue weighted by molar-refractivity contribution is -0.141. The zero-order chi connectivity index (χ0) is 12.5. The number of halogens is 3. The Bertz CT molecular complexity index is 397. The Morgan fingerprint density at radius 2 is 2.24 bits per heavy atom. The topological polar surface area (TPSA) is 49.2 Å². The largest absolute Gasteiger partial charge is 0.433 e. The van der Waals surface area contributed by atoms with E-state index in [2.05, 4.69) is 9.97 Å². The fourth-order valence-electron chi connectivity index (χ4n) is 1.93. The maximum absolute atomic E-state index is 12.5. The van der Waals surface area contributed by atoms with Crippen LogP contribution >= 0.6 is 0 Å². The van der Waals surface area contributed by atoms with Gasteiger partial charge in [-0.25, -0.2) is 9.97 Å². The van der Waals surface area contributed by atoms with Crippen LogP contribution in [-0.2, 0) is 6.18 Å². The van der Waals surface area contributed by atoms with Crippen molar-refractivity contribution in [2.45, 2.75) is 25.1 Å². The lowest BCUT2D eigenvalue weighted by atomic mass is 10.2. The predicted octanol–water partition coefficient (Wildman–Crippen LogP) is 1.46. The van der Waals surface area contributed by atoms with Gasteiger partial charge in [0.1, 0.15) is 5.69 Å². The molecule has 7 heteroatoms. The molecule has 1 atom stereocenters. The summed E-state index contributed by atoms with van der Waals surface area (Å²) < 4.78 is 37.4. The number of anilines is 1. The Labute approximate surface area is 96.1 Å². The van der Waals surface area contributed by atoms with Crippen LogP contribution in [0.3, 0.4) is 0 Å². The summed E-state index contributed by atoms with van der Waals surface area (Å²) >= 11 is 0. The lowest BCUT2D eigenvalue weighted by Crippen LogP contribution is -2.33. The summed E-state index contributed by atoms with van der Waals surface area (Å²) in [5, 5.41) is 9.11. The molecule has 2 rings (SSSR count). The molecule has 1 N–H and O–H groups in total. The molecule has 1 aliphatic rings. The molecule has 0 saturated carbocycles. The molecule has 17 heavy (non-hydrogen) atoms. The summed E-state index contributed by atoms with van der Waals surface area (Å²) in [6.07, 6.45) is -1.80. The first kappa shape index (κ1) is 12.1. The zero-order valence-corrected chi connectivity index (χ0v) is 8.98. The van der Waals surface area contributed by atoms with Crippen molar-refractivity contribution in [1.29, 1.82) is 0 Å². The highest BCUT2D eigenvalue weighted by atomic mass is 19.4. The van der Waals surface area contributed by atoms with Gasteiger partial charge in [0.05, 0.1) is 12.6 Å². The molecule has 1 aromatic heterocycles. The number of aromatic nitrogens is 2. The average molecular weight is 247 g/mol. The highest BCUT2D eigenvalue weighted by Crippen LogP contribution is 2.29. The molecule has 1 aliphatic heterocycles. The van der Waals surface area contributed by atoms with Crippen LogP contribution in [0.15, 0.2) is 12.3 Å². The molecule has 0 radical (unpaired) electrons. The SMILES string of the molecule is OCC1CCCN1c1nccc(C(F)(F)F)n1. The van der Waals surface area contributed by atoms with Crippen molar-refractivity contribution in [2.24, 2.45) is 0 Å². The van der Waals surface area contributed by atoms with Crippen molar-refractivity contribution < 1.29 is 18.3 Å². The molecule has 0 aliphatic carbocycles. The summed E-state index contributed by atoms with van der Waals surface area (Å²) in [6, 6.07) is 0.659. The third-order valence-electron chi connectivity index (χ3n) is 2.78. The van der Waals surface area contributed by atoms with Gasteiger partial charge in [-0.2, -0.15) is 13.2 Å². The molecule has 94 valence electrons. The van der Waals surface area contributed by atoms with E-state index in [1.54, 1.807) is 4.90 Å². The van der Waals surface area contributed by atoms with Crippen LogP contribution in [0.5, 0.6) is 0 Å². The van der Waals surface area contributed by atoms with E-state index < -0.39 is 11.9 Å². The van der Waals surface area contributed by atoms with Gasteiger partial charge < -0.3 is 10.0 Å². The Balaban J connectivity index is 2.27. The van der Waals surface area contributed by atoms with E-state index in [-0.39, 0.29) is 18.6 Å². The van der Waals surface area contributed by atoms with Gasteiger partial charge in [-0.15, -0.1) is 0 Å². The Kier molecular flexibility index (Phi) is 3.19. The summed E-state index contributed by atoms with van der Waals surface area (Å²) in [4.78, 5) is 8.96. The molecule has 0 amide bonds. The molecule has 0 bridgehead atoms. The third-order valence-corrected chi connectivity index (χ3v) is 2.78. The number of alkyl halides is 3. The number of nitrogens with zero attached hydrogens (tertiary/aromatic N) is 3.